The molecule has 0 unspecified atom stereocenters. The second-order valence-electron chi connectivity index (χ2n) is 4.43. The van der Waals surface area contributed by atoms with Crippen LogP contribution in [0.15, 0.2) is 34.8 Å². The Labute approximate surface area is 131 Å². The van der Waals surface area contributed by atoms with E-state index < -0.39 is 5.82 Å². The summed E-state index contributed by atoms with van der Waals surface area (Å²) < 4.78 is 19.8. The summed E-state index contributed by atoms with van der Waals surface area (Å²) in [6, 6.07) is 8.64. The first-order chi connectivity index (χ1) is 9.51. The van der Waals surface area contributed by atoms with E-state index in [-0.39, 0.29) is 5.02 Å². The van der Waals surface area contributed by atoms with Crippen molar-refractivity contribution in [1.29, 1.82) is 0 Å². The van der Waals surface area contributed by atoms with Crippen LogP contribution in [0.5, 0.6) is 11.5 Å². The maximum atomic E-state index is 13.5. The van der Waals surface area contributed by atoms with Gasteiger partial charge in [-0.3, -0.25) is 0 Å². The summed E-state index contributed by atoms with van der Waals surface area (Å²) in [4.78, 5) is 0. The van der Waals surface area contributed by atoms with Crippen LogP contribution in [0, 0.1) is 12.7 Å². The number of nitrogens with one attached hydrogen (secondary N) is 1. The van der Waals surface area contributed by atoms with E-state index in [2.05, 4.69) is 21.2 Å². The molecule has 0 atom stereocenters. The SMILES string of the molecule is CNCc1ccc(Oc2cc(F)c(Cl)cc2Br)c(C)c1. The summed E-state index contributed by atoms with van der Waals surface area (Å²) in [5, 5.41) is 3.15. The van der Waals surface area contributed by atoms with E-state index in [0.29, 0.717) is 16.0 Å². The van der Waals surface area contributed by atoms with Crippen molar-refractivity contribution in [2.45, 2.75) is 13.5 Å². The highest BCUT2D eigenvalue weighted by Gasteiger charge is 2.10. The Morgan fingerprint density at radius 1 is 1.25 bits per heavy atom. The van der Waals surface area contributed by atoms with Gasteiger partial charge in [-0.1, -0.05) is 23.7 Å². The van der Waals surface area contributed by atoms with Gasteiger partial charge in [0.15, 0.2) is 0 Å². The van der Waals surface area contributed by atoms with Gasteiger partial charge in [0.2, 0.25) is 0 Å². The van der Waals surface area contributed by atoms with Gasteiger partial charge in [-0.25, -0.2) is 4.39 Å². The number of aryl methyl sites for hydroxylation is 1. The van der Waals surface area contributed by atoms with Crippen LogP contribution in [0.25, 0.3) is 0 Å². The van der Waals surface area contributed by atoms with Crippen molar-refractivity contribution in [1.82, 2.24) is 5.32 Å². The van der Waals surface area contributed by atoms with Gasteiger partial charge in [0.25, 0.3) is 0 Å². The second kappa shape index (κ2) is 6.57. The van der Waals surface area contributed by atoms with E-state index in [1.54, 1.807) is 0 Å². The van der Waals surface area contributed by atoms with Crippen LogP contribution >= 0.6 is 27.5 Å². The number of rotatable bonds is 4. The molecule has 0 saturated carbocycles. The third-order valence-electron chi connectivity index (χ3n) is 2.81. The molecule has 0 amide bonds. The molecule has 0 radical (unpaired) electrons. The molecule has 0 aliphatic carbocycles. The summed E-state index contributed by atoms with van der Waals surface area (Å²) in [6.45, 7) is 2.75. The molecule has 0 saturated heterocycles. The summed E-state index contributed by atoms with van der Waals surface area (Å²) in [5.74, 6) is 0.581. The predicted octanol–water partition coefficient (Wildman–Crippen LogP) is 5.06. The van der Waals surface area contributed by atoms with Crippen LogP contribution in [0.3, 0.4) is 0 Å². The molecule has 20 heavy (non-hydrogen) atoms. The molecule has 0 fully saturated rings. The molecular weight excluding hydrogens is 345 g/mol. The minimum atomic E-state index is -0.505. The fraction of sp³-hybridized carbons (Fsp3) is 0.200. The average Bonchev–Trinajstić information content (AvgIpc) is 2.39. The largest absolute Gasteiger partial charge is 0.456 e. The van der Waals surface area contributed by atoms with Crippen LogP contribution < -0.4 is 10.1 Å². The standard InChI is InChI=1S/C15H14BrClFNO/c1-9-5-10(8-19-2)3-4-14(9)20-15-7-13(18)12(17)6-11(15)16/h3-7,19H,8H2,1-2H3. The zero-order chi connectivity index (χ0) is 14.7. The van der Waals surface area contributed by atoms with Gasteiger partial charge in [0, 0.05) is 12.6 Å². The van der Waals surface area contributed by atoms with Crippen molar-refractivity contribution < 1.29 is 9.13 Å². The lowest BCUT2D eigenvalue weighted by Crippen LogP contribution is -2.05. The van der Waals surface area contributed by atoms with Crippen molar-refractivity contribution in [2.24, 2.45) is 0 Å². The molecule has 0 aliphatic rings. The van der Waals surface area contributed by atoms with Crippen molar-refractivity contribution in [3.63, 3.8) is 0 Å². The molecule has 0 heterocycles. The molecule has 0 bridgehead atoms. The molecule has 2 aromatic carbocycles. The fourth-order valence-corrected chi connectivity index (χ4v) is 2.56. The van der Waals surface area contributed by atoms with Crippen molar-refractivity contribution >= 4 is 27.5 Å². The average molecular weight is 359 g/mol. The first-order valence-corrected chi connectivity index (χ1v) is 7.25. The van der Waals surface area contributed by atoms with Gasteiger partial charge in [0.1, 0.15) is 17.3 Å². The molecule has 2 nitrogen and oxygen atoms in total. The van der Waals surface area contributed by atoms with E-state index in [1.165, 1.54) is 17.7 Å². The van der Waals surface area contributed by atoms with E-state index in [9.17, 15) is 4.39 Å². The van der Waals surface area contributed by atoms with Crippen molar-refractivity contribution in [3.05, 3.63) is 56.8 Å². The Bertz CT molecular complexity index is 634. The smallest absolute Gasteiger partial charge is 0.145 e. The zero-order valence-electron chi connectivity index (χ0n) is 11.1. The Hall–Kier alpha value is -1.10. The predicted molar refractivity (Wildman–Crippen MR) is 83.1 cm³/mol. The normalized spacial score (nSPS) is 10.7. The third-order valence-corrected chi connectivity index (χ3v) is 3.72. The number of benzene rings is 2. The van der Waals surface area contributed by atoms with Gasteiger partial charge < -0.3 is 10.1 Å². The Kier molecular flexibility index (Phi) is 5.02. The minimum absolute atomic E-state index is 0.0605. The van der Waals surface area contributed by atoms with Crippen LogP contribution in [0.4, 0.5) is 4.39 Å². The molecular formula is C15H14BrClFNO. The summed E-state index contributed by atoms with van der Waals surface area (Å²) in [6.07, 6.45) is 0. The highest BCUT2D eigenvalue weighted by molar-refractivity contribution is 9.10. The van der Waals surface area contributed by atoms with Crippen molar-refractivity contribution in [2.75, 3.05) is 7.05 Å². The van der Waals surface area contributed by atoms with Crippen LogP contribution in [0.2, 0.25) is 5.02 Å². The van der Waals surface area contributed by atoms with E-state index >= 15 is 0 Å². The van der Waals surface area contributed by atoms with Gasteiger partial charge in [0.05, 0.1) is 9.50 Å². The van der Waals surface area contributed by atoms with Gasteiger partial charge in [-0.15, -0.1) is 0 Å². The zero-order valence-corrected chi connectivity index (χ0v) is 13.5. The molecule has 106 valence electrons. The summed E-state index contributed by atoms with van der Waals surface area (Å²) >= 11 is 9.02. The lowest BCUT2D eigenvalue weighted by atomic mass is 10.1. The number of hydrogen-bond donors (Lipinski definition) is 1. The molecule has 0 aliphatic heterocycles. The molecule has 0 spiro atoms. The third kappa shape index (κ3) is 3.51. The summed E-state index contributed by atoms with van der Waals surface area (Å²) in [5.41, 5.74) is 2.15. The highest BCUT2D eigenvalue weighted by Crippen LogP contribution is 2.35. The number of halogens is 3. The first-order valence-electron chi connectivity index (χ1n) is 6.08. The minimum Gasteiger partial charge on any atom is -0.456 e. The van der Waals surface area contributed by atoms with Crippen LogP contribution in [-0.2, 0) is 6.54 Å². The van der Waals surface area contributed by atoms with E-state index in [0.717, 1.165) is 12.1 Å². The monoisotopic (exact) mass is 357 g/mol. The summed E-state index contributed by atoms with van der Waals surface area (Å²) in [7, 11) is 1.90. The quantitative estimate of drug-likeness (QED) is 0.771. The topological polar surface area (TPSA) is 21.3 Å². The van der Waals surface area contributed by atoms with Crippen LogP contribution in [0.1, 0.15) is 11.1 Å². The highest BCUT2D eigenvalue weighted by atomic mass is 79.9. The maximum absolute atomic E-state index is 13.5. The Morgan fingerprint density at radius 2 is 2.00 bits per heavy atom. The molecule has 0 aromatic heterocycles. The lowest BCUT2D eigenvalue weighted by Gasteiger charge is -2.12. The van der Waals surface area contributed by atoms with Gasteiger partial charge >= 0.3 is 0 Å². The Balaban J connectivity index is 2.28. The van der Waals surface area contributed by atoms with Crippen molar-refractivity contribution in [3.8, 4) is 11.5 Å². The molecule has 5 heteroatoms. The fourth-order valence-electron chi connectivity index (χ4n) is 1.84. The second-order valence-corrected chi connectivity index (χ2v) is 5.69. The molecule has 2 aromatic rings. The van der Waals surface area contributed by atoms with Gasteiger partial charge in [-0.05, 0) is 53.2 Å². The van der Waals surface area contributed by atoms with E-state index in [1.807, 2.05) is 32.2 Å². The van der Waals surface area contributed by atoms with Crippen LogP contribution in [-0.4, -0.2) is 7.05 Å². The van der Waals surface area contributed by atoms with E-state index in [4.69, 9.17) is 16.3 Å². The maximum Gasteiger partial charge on any atom is 0.145 e. The number of ether oxygens (including phenoxy) is 1. The molecule has 1 N–H and O–H groups in total. The van der Waals surface area contributed by atoms with Gasteiger partial charge in [-0.2, -0.15) is 0 Å². The Morgan fingerprint density at radius 3 is 2.65 bits per heavy atom. The first kappa shape index (κ1) is 15.3. The molecule has 2 rings (SSSR count). The number of hydrogen-bond acceptors (Lipinski definition) is 2. The lowest BCUT2D eigenvalue weighted by molar-refractivity contribution is 0.470.